The van der Waals surface area contributed by atoms with Crippen LogP contribution in [0.25, 0.3) is 10.9 Å². The first kappa shape index (κ1) is 13.6. The van der Waals surface area contributed by atoms with Crippen molar-refractivity contribution in [3.8, 4) is 11.5 Å². The average molecular weight is 303 g/mol. The Hall–Kier alpha value is -1.79. The van der Waals surface area contributed by atoms with Crippen LogP contribution in [0.3, 0.4) is 0 Å². The molecule has 0 aliphatic carbocycles. The molecule has 2 aromatic rings. The summed E-state index contributed by atoms with van der Waals surface area (Å²) in [6.07, 6.45) is 0. The Kier molecular flexibility index (Phi) is 3.64. The lowest BCUT2D eigenvalue weighted by Gasteiger charge is -2.10. The number of fused-ring (bicyclic) bond motifs is 1. The molecule has 19 heavy (non-hydrogen) atoms. The Morgan fingerprint density at radius 1 is 1.21 bits per heavy atom. The molecular weight excluding hydrogens is 295 g/mol. The first-order valence-corrected chi connectivity index (χ1v) is 5.80. The van der Waals surface area contributed by atoms with Crippen LogP contribution in [0.5, 0.6) is 11.5 Å². The Bertz CT molecular complexity index is 676. The third kappa shape index (κ3) is 2.24. The van der Waals surface area contributed by atoms with E-state index in [4.69, 9.17) is 32.7 Å². The summed E-state index contributed by atoms with van der Waals surface area (Å²) in [5, 5.41) is 11.6. The van der Waals surface area contributed by atoms with Crippen molar-refractivity contribution in [3.63, 3.8) is 0 Å². The average Bonchev–Trinajstić information content (AvgIpc) is 2.36. The van der Waals surface area contributed by atoms with Crippen LogP contribution in [0.15, 0.2) is 12.1 Å². The number of benzene rings is 1. The predicted octanol–water partition coefficient (Wildman–Crippen LogP) is 3.47. The molecule has 0 unspecified atom stereocenters. The molecule has 1 aromatic carbocycles. The zero-order valence-electron chi connectivity index (χ0n) is 9.94. The van der Waals surface area contributed by atoms with Gasteiger partial charge in [0.25, 0.3) is 0 Å². The molecule has 1 heterocycles. The van der Waals surface area contributed by atoms with Gasteiger partial charge in [-0.2, -0.15) is 0 Å². The van der Waals surface area contributed by atoms with Crippen LogP contribution in [0, 0.1) is 10.1 Å². The lowest BCUT2D eigenvalue weighted by atomic mass is 10.1. The largest absolute Gasteiger partial charge is 0.494 e. The fraction of sp³-hybridized carbons (Fsp3) is 0.182. The normalized spacial score (nSPS) is 10.5. The highest BCUT2D eigenvalue weighted by Gasteiger charge is 2.26. The highest BCUT2D eigenvalue weighted by Crippen LogP contribution is 2.43. The van der Waals surface area contributed by atoms with Crippen molar-refractivity contribution in [3.05, 3.63) is 32.4 Å². The topological polar surface area (TPSA) is 74.5 Å². The van der Waals surface area contributed by atoms with Crippen LogP contribution in [-0.2, 0) is 0 Å². The number of hydrogen-bond donors (Lipinski definition) is 0. The van der Waals surface area contributed by atoms with E-state index in [1.807, 2.05) is 0 Å². The number of ether oxygens (including phenoxy) is 2. The van der Waals surface area contributed by atoms with Crippen molar-refractivity contribution in [2.45, 2.75) is 0 Å². The van der Waals surface area contributed by atoms with Crippen molar-refractivity contribution in [1.29, 1.82) is 0 Å². The molecule has 8 heteroatoms. The molecule has 0 aliphatic heterocycles. The number of nitro benzene ring substituents is 1. The van der Waals surface area contributed by atoms with Crippen molar-refractivity contribution in [2.24, 2.45) is 0 Å². The first-order valence-electron chi connectivity index (χ1n) is 5.04. The molecule has 0 N–H and O–H groups in total. The molecular formula is C11H8Cl2N2O4. The standard InChI is InChI=1S/C11H8Cl2N2O4/c1-18-6-4-7(19-2)11(15(16)17)9-5(12)3-8(13)14-10(6)9/h3-4H,1-2H3. The zero-order chi connectivity index (χ0) is 14.2. The molecule has 0 saturated heterocycles. The second-order valence-electron chi connectivity index (χ2n) is 3.54. The molecule has 0 fully saturated rings. The van der Waals surface area contributed by atoms with Gasteiger partial charge in [0.2, 0.25) is 5.75 Å². The number of methoxy groups -OCH3 is 2. The monoisotopic (exact) mass is 302 g/mol. The first-order chi connectivity index (χ1) is 8.99. The minimum Gasteiger partial charge on any atom is -0.494 e. The Morgan fingerprint density at radius 3 is 2.37 bits per heavy atom. The fourth-order valence-electron chi connectivity index (χ4n) is 1.76. The van der Waals surface area contributed by atoms with E-state index in [1.165, 1.54) is 26.4 Å². The van der Waals surface area contributed by atoms with Gasteiger partial charge in [-0.05, 0) is 6.07 Å². The van der Waals surface area contributed by atoms with Gasteiger partial charge in [-0.1, -0.05) is 23.2 Å². The van der Waals surface area contributed by atoms with Crippen molar-refractivity contribution in [2.75, 3.05) is 14.2 Å². The highest BCUT2D eigenvalue weighted by atomic mass is 35.5. The molecule has 0 bridgehead atoms. The Labute approximate surface area is 118 Å². The smallest absolute Gasteiger partial charge is 0.322 e. The molecule has 0 atom stereocenters. The number of halogens is 2. The van der Waals surface area contributed by atoms with Crippen molar-refractivity contribution in [1.82, 2.24) is 4.98 Å². The second-order valence-corrected chi connectivity index (χ2v) is 4.33. The van der Waals surface area contributed by atoms with Gasteiger partial charge in [-0.3, -0.25) is 10.1 Å². The molecule has 100 valence electrons. The molecule has 0 aliphatic rings. The molecule has 6 nitrogen and oxygen atoms in total. The lowest BCUT2D eigenvalue weighted by molar-refractivity contribution is -0.384. The van der Waals surface area contributed by atoms with Crippen LogP contribution in [-0.4, -0.2) is 24.1 Å². The van der Waals surface area contributed by atoms with Gasteiger partial charge in [0, 0.05) is 6.07 Å². The van der Waals surface area contributed by atoms with Crippen LogP contribution in [0.1, 0.15) is 0 Å². The van der Waals surface area contributed by atoms with E-state index in [0.29, 0.717) is 5.75 Å². The van der Waals surface area contributed by atoms with Gasteiger partial charge < -0.3 is 9.47 Å². The third-order valence-electron chi connectivity index (χ3n) is 2.53. The number of aromatic nitrogens is 1. The van der Waals surface area contributed by atoms with Gasteiger partial charge in [0.05, 0.1) is 24.2 Å². The summed E-state index contributed by atoms with van der Waals surface area (Å²) in [4.78, 5) is 14.6. The van der Waals surface area contributed by atoms with Crippen molar-refractivity contribution < 1.29 is 14.4 Å². The quantitative estimate of drug-likeness (QED) is 0.493. The molecule has 0 radical (unpaired) electrons. The lowest BCUT2D eigenvalue weighted by Crippen LogP contribution is -1.99. The minimum atomic E-state index is -0.581. The van der Waals surface area contributed by atoms with Gasteiger partial charge in [0.1, 0.15) is 21.8 Å². The van der Waals surface area contributed by atoms with Gasteiger partial charge >= 0.3 is 5.69 Å². The van der Waals surface area contributed by atoms with Gasteiger partial charge in [-0.25, -0.2) is 4.98 Å². The maximum Gasteiger partial charge on any atom is 0.322 e. The number of nitrogens with zero attached hydrogens (tertiary/aromatic N) is 2. The third-order valence-corrected chi connectivity index (χ3v) is 3.02. The highest BCUT2D eigenvalue weighted by molar-refractivity contribution is 6.38. The van der Waals surface area contributed by atoms with Crippen LogP contribution < -0.4 is 9.47 Å². The fourth-order valence-corrected chi connectivity index (χ4v) is 2.29. The summed E-state index contributed by atoms with van der Waals surface area (Å²) in [6, 6.07) is 2.71. The van der Waals surface area contributed by atoms with Crippen molar-refractivity contribution >= 4 is 39.8 Å². The van der Waals surface area contributed by atoms with Crippen LogP contribution in [0.2, 0.25) is 10.2 Å². The summed E-state index contributed by atoms with van der Waals surface area (Å²) in [5.41, 5.74) is -0.0556. The molecule has 0 spiro atoms. The van der Waals surface area contributed by atoms with E-state index >= 15 is 0 Å². The Balaban J connectivity index is 3.02. The number of nitro groups is 1. The zero-order valence-corrected chi connectivity index (χ0v) is 11.4. The van der Waals surface area contributed by atoms with E-state index in [1.54, 1.807) is 0 Å². The molecule has 1 aromatic heterocycles. The second kappa shape index (κ2) is 5.07. The van der Waals surface area contributed by atoms with Gasteiger partial charge in [0.15, 0.2) is 0 Å². The van der Waals surface area contributed by atoms with E-state index < -0.39 is 4.92 Å². The summed E-state index contributed by atoms with van der Waals surface area (Å²) < 4.78 is 10.1. The summed E-state index contributed by atoms with van der Waals surface area (Å²) in [5.74, 6) is 0.335. The maximum absolute atomic E-state index is 11.2. The van der Waals surface area contributed by atoms with E-state index in [0.717, 1.165) is 0 Å². The summed E-state index contributed by atoms with van der Waals surface area (Å²) in [6.45, 7) is 0. The predicted molar refractivity (Wildman–Crippen MR) is 71.5 cm³/mol. The van der Waals surface area contributed by atoms with Crippen LogP contribution >= 0.6 is 23.2 Å². The number of rotatable bonds is 3. The van der Waals surface area contributed by atoms with E-state index in [2.05, 4.69) is 4.98 Å². The van der Waals surface area contributed by atoms with Gasteiger partial charge in [-0.15, -0.1) is 0 Å². The number of hydrogen-bond acceptors (Lipinski definition) is 5. The molecule has 0 amide bonds. The SMILES string of the molecule is COc1cc(OC)c2nc(Cl)cc(Cl)c2c1[N+](=O)[O-]. The number of pyridine rings is 1. The minimum absolute atomic E-state index is 0.0420. The van der Waals surface area contributed by atoms with E-state index in [-0.39, 0.29) is 32.5 Å². The summed E-state index contributed by atoms with van der Waals surface area (Å²) >= 11 is 11.8. The molecule has 2 rings (SSSR count). The Morgan fingerprint density at radius 2 is 1.84 bits per heavy atom. The van der Waals surface area contributed by atoms with E-state index in [9.17, 15) is 10.1 Å². The van der Waals surface area contributed by atoms with Crippen LogP contribution in [0.4, 0.5) is 5.69 Å². The maximum atomic E-state index is 11.2. The molecule has 0 saturated carbocycles. The summed E-state index contributed by atoms with van der Waals surface area (Å²) in [7, 11) is 2.74.